The van der Waals surface area contributed by atoms with Gasteiger partial charge in [0.15, 0.2) is 0 Å². The Bertz CT molecular complexity index is 461. The molecule has 0 radical (unpaired) electrons. The molecule has 0 spiro atoms. The van der Waals surface area contributed by atoms with Crippen molar-refractivity contribution in [3.8, 4) is 5.88 Å². The molecule has 2 aromatic heterocycles. The molecule has 2 heterocycles. The van der Waals surface area contributed by atoms with Crippen LogP contribution in [0.4, 0.5) is 5.95 Å². The molecule has 5 nitrogen and oxygen atoms in total. The summed E-state index contributed by atoms with van der Waals surface area (Å²) in [6.45, 7) is 1.89. The Hall–Kier alpha value is -2.17. The zero-order chi connectivity index (χ0) is 11.4. The molecule has 0 bridgehead atoms. The molecule has 82 valence electrons. The summed E-state index contributed by atoms with van der Waals surface area (Å²) in [5.74, 6) is 0.807. The molecule has 0 aliphatic carbocycles. The second-order valence-corrected chi connectivity index (χ2v) is 3.27. The number of aromatic nitrogens is 3. The van der Waals surface area contributed by atoms with Gasteiger partial charge in [-0.25, -0.2) is 15.0 Å². The van der Waals surface area contributed by atoms with Crippen LogP contribution in [-0.4, -0.2) is 15.0 Å². The number of nitrogens with two attached hydrogens (primary N) is 1. The van der Waals surface area contributed by atoms with Crippen molar-refractivity contribution >= 4 is 5.95 Å². The van der Waals surface area contributed by atoms with Gasteiger partial charge >= 0.3 is 0 Å². The fourth-order valence-corrected chi connectivity index (χ4v) is 1.27. The van der Waals surface area contributed by atoms with Gasteiger partial charge in [-0.2, -0.15) is 0 Å². The maximum Gasteiger partial charge on any atom is 0.220 e. The molecule has 0 aliphatic rings. The summed E-state index contributed by atoms with van der Waals surface area (Å²) < 4.78 is 5.60. The summed E-state index contributed by atoms with van der Waals surface area (Å²) in [7, 11) is 0. The Morgan fingerprint density at radius 3 is 2.75 bits per heavy atom. The van der Waals surface area contributed by atoms with Crippen LogP contribution in [0.2, 0.25) is 0 Å². The van der Waals surface area contributed by atoms with Crippen molar-refractivity contribution in [3.05, 3.63) is 42.4 Å². The van der Waals surface area contributed by atoms with Crippen molar-refractivity contribution in [2.45, 2.75) is 13.0 Å². The summed E-state index contributed by atoms with van der Waals surface area (Å²) in [6.07, 6.45) is 3.08. The SMILES string of the molecule is C[C@@H](Oc1ccccn1)c1ccnc(N)n1. The Labute approximate surface area is 93.3 Å². The van der Waals surface area contributed by atoms with Crippen LogP contribution in [0.15, 0.2) is 36.7 Å². The smallest absolute Gasteiger partial charge is 0.220 e. The third kappa shape index (κ3) is 2.44. The molecule has 0 amide bonds. The summed E-state index contributed by atoms with van der Waals surface area (Å²) in [5, 5.41) is 0. The molecule has 0 saturated carbocycles. The third-order valence-corrected chi connectivity index (χ3v) is 2.05. The summed E-state index contributed by atoms with van der Waals surface area (Å²) in [5.41, 5.74) is 6.23. The van der Waals surface area contributed by atoms with Gasteiger partial charge in [-0.05, 0) is 19.1 Å². The molecule has 16 heavy (non-hydrogen) atoms. The van der Waals surface area contributed by atoms with Crippen LogP contribution in [-0.2, 0) is 0 Å². The van der Waals surface area contributed by atoms with Gasteiger partial charge in [-0.3, -0.25) is 0 Å². The van der Waals surface area contributed by atoms with E-state index in [0.29, 0.717) is 5.88 Å². The number of ether oxygens (including phenoxy) is 1. The molecule has 0 unspecified atom stereocenters. The summed E-state index contributed by atoms with van der Waals surface area (Å²) >= 11 is 0. The number of rotatable bonds is 3. The van der Waals surface area contributed by atoms with Gasteiger partial charge in [0.05, 0.1) is 5.69 Å². The van der Waals surface area contributed by atoms with E-state index in [4.69, 9.17) is 10.5 Å². The predicted molar refractivity (Wildman–Crippen MR) is 59.7 cm³/mol. The van der Waals surface area contributed by atoms with Crippen LogP contribution >= 0.6 is 0 Å². The molecule has 0 fully saturated rings. The topological polar surface area (TPSA) is 73.9 Å². The number of nitrogen functional groups attached to an aromatic ring is 1. The maximum absolute atomic E-state index is 5.60. The normalized spacial score (nSPS) is 12.1. The van der Waals surface area contributed by atoms with E-state index in [1.807, 2.05) is 19.1 Å². The average molecular weight is 216 g/mol. The Morgan fingerprint density at radius 1 is 1.19 bits per heavy atom. The Kier molecular flexibility index (Phi) is 2.95. The van der Waals surface area contributed by atoms with Gasteiger partial charge in [-0.15, -0.1) is 0 Å². The molecule has 1 atom stereocenters. The van der Waals surface area contributed by atoms with Gasteiger partial charge in [-0.1, -0.05) is 6.07 Å². The van der Waals surface area contributed by atoms with Crippen LogP contribution in [0, 0.1) is 0 Å². The summed E-state index contributed by atoms with van der Waals surface area (Å²) in [4.78, 5) is 12.0. The molecular weight excluding hydrogens is 204 g/mol. The second kappa shape index (κ2) is 4.57. The standard InChI is InChI=1S/C11H12N4O/c1-8(9-5-7-14-11(12)15-9)16-10-4-2-3-6-13-10/h2-8H,1H3,(H2,12,14,15)/t8-/m1/s1. The highest BCUT2D eigenvalue weighted by Crippen LogP contribution is 2.17. The predicted octanol–water partition coefficient (Wildman–Crippen LogP) is 1.59. The lowest BCUT2D eigenvalue weighted by molar-refractivity contribution is 0.212. The van der Waals surface area contributed by atoms with E-state index in [0.717, 1.165) is 5.69 Å². The zero-order valence-electron chi connectivity index (χ0n) is 8.87. The minimum Gasteiger partial charge on any atom is -0.468 e. The van der Waals surface area contributed by atoms with Crippen LogP contribution in [0.25, 0.3) is 0 Å². The molecular formula is C11H12N4O. The number of pyridine rings is 1. The Balaban J connectivity index is 2.12. The molecule has 0 aliphatic heterocycles. The van der Waals surface area contributed by atoms with E-state index in [9.17, 15) is 0 Å². The first-order chi connectivity index (χ1) is 7.75. The molecule has 2 aromatic rings. The van der Waals surface area contributed by atoms with Crippen LogP contribution in [0.5, 0.6) is 5.88 Å². The van der Waals surface area contributed by atoms with Crippen molar-refractivity contribution in [2.24, 2.45) is 0 Å². The van der Waals surface area contributed by atoms with E-state index < -0.39 is 0 Å². The molecule has 2 N–H and O–H groups in total. The monoisotopic (exact) mass is 216 g/mol. The largest absolute Gasteiger partial charge is 0.468 e. The van der Waals surface area contributed by atoms with E-state index in [-0.39, 0.29) is 12.1 Å². The van der Waals surface area contributed by atoms with Crippen LogP contribution < -0.4 is 10.5 Å². The minimum absolute atomic E-state index is 0.208. The quantitative estimate of drug-likeness (QED) is 0.843. The minimum atomic E-state index is -0.208. The van der Waals surface area contributed by atoms with Gasteiger partial charge in [0.1, 0.15) is 6.10 Å². The third-order valence-electron chi connectivity index (χ3n) is 2.05. The van der Waals surface area contributed by atoms with E-state index >= 15 is 0 Å². The zero-order valence-corrected chi connectivity index (χ0v) is 8.87. The lowest BCUT2D eigenvalue weighted by atomic mass is 10.3. The van der Waals surface area contributed by atoms with Crippen LogP contribution in [0.1, 0.15) is 18.7 Å². The molecule has 0 aromatic carbocycles. The number of anilines is 1. The van der Waals surface area contributed by atoms with Crippen molar-refractivity contribution < 1.29 is 4.74 Å². The van der Waals surface area contributed by atoms with E-state index in [1.54, 1.807) is 24.5 Å². The van der Waals surface area contributed by atoms with Crippen LogP contribution in [0.3, 0.4) is 0 Å². The number of hydrogen-bond acceptors (Lipinski definition) is 5. The highest BCUT2D eigenvalue weighted by Gasteiger charge is 2.09. The molecule has 5 heteroatoms. The number of hydrogen-bond donors (Lipinski definition) is 1. The first kappa shape index (κ1) is 10.4. The van der Waals surface area contributed by atoms with Gasteiger partial charge < -0.3 is 10.5 Å². The molecule has 0 saturated heterocycles. The first-order valence-electron chi connectivity index (χ1n) is 4.92. The fourth-order valence-electron chi connectivity index (χ4n) is 1.27. The van der Waals surface area contributed by atoms with Crippen molar-refractivity contribution in [2.75, 3.05) is 5.73 Å². The van der Waals surface area contributed by atoms with Gasteiger partial charge in [0.2, 0.25) is 11.8 Å². The highest BCUT2D eigenvalue weighted by molar-refractivity contribution is 5.19. The Morgan fingerprint density at radius 2 is 2.06 bits per heavy atom. The van der Waals surface area contributed by atoms with E-state index in [2.05, 4.69) is 15.0 Å². The maximum atomic E-state index is 5.60. The average Bonchev–Trinajstić information content (AvgIpc) is 2.30. The van der Waals surface area contributed by atoms with Crippen molar-refractivity contribution in [3.63, 3.8) is 0 Å². The highest BCUT2D eigenvalue weighted by atomic mass is 16.5. The van der Waals surface area contributed by atoms with E-state index in [1.165, 1.54) is 0 Å². The first-order valence-corrected chi connectivity index (χ1v) is 4.92. The summed E-state index contributed by atoms with van der Waals surface area (Å²) in [6, 6.07) is 7.26. The lowest BCUT2D eigenvalue weighted by Crippen LogP contribution is -2.08. The fraction of sp³-hybridized carbons (Fsp3) is 0.182. The van der Waals surface area contributed by atoms with Gasteiger partial charge in [0.25, 0.3) is 0 Å². The second-order valence-electron chi connectivity index (χ2n) is 3.27. The molecule has 2 rings (SSSR count). The van der Waals surface area contributed by atoms with Crippen molar-refractivity contribution in [1.82, 2.24) is 15.0 Å². The van der Waals surface area contributed by atoms with Gasteiger partial charge in [0, 0.05) is 18.5 Å². The number of nitrogens with zero attached hydrogens (tertiary/aromatic N) is 3. The lowest BCUT2D eigenvalue weighted by Gasteiger charge is -2.12. The van der Waals surface area contributed by atoms with Crippen molar-refractivity contribution in [1.29, 1.82) is 0 Å².